The maximum atomic E-state index is 5.92. The summed E-state index contributed by atoms with van der Waals surface area (Å²) in [6.45, 7) is 0.353. The van der Waals surface area contributed by atoms with Crippen LogP contribution in [0.25, 0.3) is 0 Å². The highest BCUT2D eigenvalue weighted by Gasteiger charge is 2.05. The second-order valence-electron chi connectivity index (χ2n) is 2.96. The van der Waals surface area contributed by atoms with Gasteiger partial charge in [-0.3, -0.25) is 0 Å². The molecule has 2 rings (SSSR count). The molecule has 2 aromatic rings. The summed E-state index contributed by atoms with van der Waals surface area (Å²) < 4.78 is 10.7. The van der Waals surface area contributed by atoms with Crippen LogP contribution >= 0.6 is 11.6 Å². The van der Waals surface area contributed by atoms with Crippen LogP contribution in [-0.2, 0) is 6.54 Å². The van der Waals surface area contributed by atoms with Crippen LogP contribution in [0.15, 0.2) is 40.8 Å². The molecule has 0 aliphatic carbocycles. The molecule has 78 valence electrons. The predicted molar refractivity (Wildman–Crippen MR) is 58.1 cm³/mol. The fourth-order valence-electron chi connectivity index (χ4n) is 1.16. The maximum Gasteiger partial charge on any atom is 0.290 e. The van der Waals surface area contributed by atoms with Gasteiger partial charge in [0.1, 0.15) is 11.5 Å². The normalized spacial score (nSPS) is 10.3. The number of furan rings is 1. The van der Waals surface area contributed by atoms with Crippen molar-refractivity contribution in [3.63, 3.8) is 0 Å². The van der Waals surface area contributed by atoms with Crippen LogP contribution in [0.5, 0.6) is 11.7 Å². The number of benzene rings is 1. The van der Waals surface area contributed by atoms with Gasteiger partial charge < -0.3 is 14.9 Å². The van der Waals surface area contributed by atoms with Crippen LogP contribution in [0.4, 0.5) is 0 Å². The van der Waals surface area contributed by atoms with Gasteiger partial charge in [0.05, 0.1) is 11.6 Å². The summed E-state index contributed by atoms with van der Waals surface area (Å²) in [5.74, 6) is 1.64. The lowest BCUT2D eigenvalue weighted by molar-refractivity contribution is 0.333. The van der Waals surface area contributed by atoms with Gasteiger partial charge >= 0.3 is 0 Å². The SMILES string of the molecule is NCc1ccc(Oc2ccccc2Cl)o1. The molecule has 0 unspecified atom stereocenters. The maximum absolute atomic E-state index is 5.92. The lowest BCUT2D eigenvalue weighted by Gasteiger charge is -2.03. The van der Waals surface area contributed by atoms with Crippen molar-refractivity contribution >= 4 is 11.6 Å². The Bertz CT molecular complexity index is 453. The predicted octanol–water partition coefficient (Wildman–Crippen LogP) is 3.18. The smallest absolute Gasteiger partial charge is 0.290 e. The van der Waals surface area contributed by atoms with E-state index in [1.165, 1.54) is 0 Å². The molecule has 1 aromatic heterocycles. The molecular weight excluding hydrogens is 214 g/mol. The van der Waals surface area contributed by atoms with E-state index in [2.05, 4.69) is 0 Å². The third kappa shape index (κ3) is 2.32. The molecule has 0 spiro atoms. The minimum atomic E-state index is 0.353. The Hall–Kier alpha value is -1.45. The van der Waals surface area contributed by atoms with Crippen LogP contribution in [0.2, 0.25) is 5.02 Å². The summed E-state index contributed by atoms with van der Waals surface area (Å²) in [4.78, 5) is 0. The van der Waals surface area contributed by atoms with E-state index in [-0.39, 0.29) is 0 Å². The van der Waals surface area contributed by atoms with Crippen LogP contribution in [0, 0.1) is 0 Å². The summed E-state index contributed by atoms with van der Waals surface area (Å²) >= 11 is 5.92. The van der Waals surface area contributed by atoms with Crippen molar-refractivity contribution in [3.8, 4) is 11.7 Å². The van der Waals surface area contributed by atoms with E-state index in [0.717, 1.165) is 0 Å². The lowest BCUT2D eigenvalue weighted by Crippen LogP contribution is -1.92. The number of hydrogen-bond donors (Lipinski definition) is 1. The Morgan fingerprint density at radius 1 is 1.20 bits per heavy atom. The molecule has 15 heavy (non-hydrogen) atoms. The quantitative estimate of drug-likeness (QED) is 0.870. The molecule has 0 saturated heterocycles. The van der Waals surface area contributed by atoms with E-state index >= 15 is 0 Å². The average Bonchev–Trinajstić information content (AvgIpc) is 2.69. The summed E-state index contributed by atoms with van der Waals surface area (Å²) in [5.41, 5.74) is 5.41. The largest absolute Gasteiger partial charge is 0.429 e. The molecule has 0 amide bonds. The zero-order valence-corrected chi connectivity index (χ0v) is 8.70. The molecule has 4 heteroatoms. The van der Waals surface area contributed by atoms with Crippen molar-refractivity contribution in [2.24, 2.45) is 5.73 Å². The van der Waals surface area contributed by atoms with Gasteiger partial charge in [0.15, 0.2) is 0 Å². The summed E-state index contributed by atoms with van der Waals surface area (Å²) in [6.07, 6.45) is 0. The van der Waals surface area contributed by atoms with Gasteiger partial charge in [0.25, 0.3) is 5.95 Å². The van der Waals surface area contributed by atoms with Gasteiger partial charge in [0.2, 0.25) is 0 Å². The minimum Gasteiger partial charge on any atom is -0.429 e. The molecule has 0 saturated carbocycles. The number of ether oxygens (including phenoxy) is 1. The summed E-state index contributed by atoms with van der Waals surface area (Å²) in [5, 5.41) is 0.545. The zero-order valence-electron chi connectivity index (χ0n) is 7.94. The highest BCUT2D eigenvalue weighted by Crippen LogP contribution is 2.29. The molecule has 1 aromatic carbocycles. The fourth-order valence-corrected chi connectivity index (χ4v) is 1.33. The van der Waals surface area contributed by atoms with Crippen molar-refractivity contribution in [2.45, 2.75) is 6.54 Å². The van der Waals surface area contributed by atoms with E-state index in [0.29, 0.717) is 29.0 Å². The first-order chi connectivity index (χ1) is 7.29. The van der Waals surface area contributed by atoms with E-state index in [9.17, 15) is 0 Å². The Labute approximate surface area is 92.4 Å². The second-order valence-corrected chi connectivity index (χ2v) is 3.36. The van der Waals surface area contributed by atoms with Crippen molar-refractivity contribution in [2.75, 3.05) is 0 Å². The van der Waals surface area contributed by atoms with E-state index in [1.807, 2.05) is 12.1 Å². The molecule has 0 radical (unpaired) electrons. The Balaban J connectivity index is 2.18. The number of hydrogen-bond acceptors (Lipinski definition) is 3. The first kappa shape index (κ1) is 10.1. The Morgan fingerprint density at radius 3 is 2.67 bits per heavy atom. The molecule has 0 bridgehead atoms. The molecule has 3 nitrogen and oxygen atoms in total. The number of nitrogens with two attached hydrogens (primary N) is 1. The Kier molecular flexibility index (Phi) is 2.94. The second kappa shape index (κ2) is 4.38. The first-order valence-corrected chi connectivity index (χ1v) is 4.88. The van der Waals surface area contributed by atoms with Gasteiger partial charge in [-0.2, -0.15) is 0 Å². The number of halogens is 1. The molecule has 0 aliphatic heterocycles. The minimum absolute atomic E-state index is 0.353. The van der Waals surface area contributed by atoms with Gasteiger partial charge in [-0.05, 0) is 18.2 Å². The van der Waals surface area contributed by atoms with Crippen LogP contribution in [0.1, 0.15) is 5.76 Å². The zero-order chi connectivity index (χ0) is 10.7. The summed E-state index contributed by atoms with van der Waals surface area (Å²) in [7, 11) is 0. The topological polar surface area (TPSA) is 48.4 Å². The average molecular weight is 224 g/mol. The fraction of sp³-hybridized carbons (Fsp3) is 0.0909. The number of para-hydroxylation sites is 1. The van der Waals surface area contributed by atoms with E-state index in [4.69, 9.17) is 26.5 Å². The molecular formula is C11H10ClNO2. The van der Waals surface area contributed by atoms with Crippen molar-refractivity contribution in [1.29, 1.82) is 0 Å². The standard InChI is InChI=1S/C11H10ClNO2/c12-9-3-1-2-4-10(9)15-11-6-5-8(7-13)14-11/h1-6H,7,13H2. The van der Waals surface area contributed by atoms with Gasteiger partial charge in [-0.25, -0.2) is 0 Å². The van der Waals surface area contributed by atoms with Crippen molar-refractivity contribution < 1.29 is 9.15 Å². The van der Waals surface area contributed by atoms with Gasteiger partial charge in [-0.1, -0.05) is 23.7 Å². The van der Waals surface area contributed by atoms with E-state index < -0.39 is 0 Å². The third-order valence-electron chi connectivity index (χ3n) is 1.89. The Morgan fingerprint density at radius 2 is 2.00 bits per heavy atom. The van der Waals surface area contributed by atoms with Crippen molar-refractivity contribution in [1.82, 2.24) is 0 Å². The highest BCUT2D eigenvalue weighted by molar-refractivity contribution is 6.32. The van der Waals surface area contributed by atoms with Gasteiger partial charge in [-0.15, -0.1) is 0 Å². The van der Waals surface area contributed by atoms with Crippen LogP contribution < -0.4 is 10.5 Å². The lowest BCUT2D eigenvalue weighted by atomic mass is 10.3. The molecule has 2 N–H and O–H groups in total. The number of rotatable bonds is 3. The van der Waals surface area contributed by atoms with Crippen LogP contribution in [0.3, 0.4) is 0 Å². The van der Waals surface area contributed by atoms with Crippen molar-refractivity contribution in [3.05, 3.63) is 47.2 Å². The molecule has 0 fully saturated rings. The molecule has 0 aliphatic rings. The molecule has 1 heterocycles. The third-order valence-corrected chi connectivity index (χ3v) is 2.20. The monoisotopic (exact) mass is 223 g/mol. The summed E-state index contributed by atoms with van der Waals surface area (Å²) in [6, 6.07) is 10.7. The first-order valence-electron chi connectivity index (χ1n) is 4.51. The van der Waals surface area contributed by atoms with Gasteiger partial charge in [0, 0.05) is 6.07 Å². The molecule has 0 atom stereocenters. The van der Waals surface area contributed by atoms with E-state index in [1.54, 1.807) is 24.3 Å². The van der Waals surface area contributed by atoms with Crippen LogP contribution in [-0.4, -0.2) is 0 Å². The highest BCUT2D eigenvalue weighted by atomic mass is 35.5.